The summed E-state index contributed by atoms with van der Waals surface area (Å²) in [5, 5.41) is 3.88. The Hall–Kier alpha value is -1.61. The highest BCUT2D eigenvalue weighted by molar-refractivity contribution is 6.33. The second kappa shape index (κ2) is 6.86. The van der Waals surface area contributed by atoms with E-state index in [0.29, 0.717) is 12.2 Å². The van der Waals surface area contributed by atoms with Crippen LogP contribution in [0.15, 0.2) is 42.7 Å². The van der Waals surface area contributed by atoms with E-state index in [1.165, 1.54) is 5.56 Å². The minimum Gasteiger partial charge on any atom is -0.353 e. The SMILES string of the molecule is CF.Cc1ccc(Nc2cnccc2Cl)cc1. The van der Waals surface area contributed by atoms with E-state index in [4.69, 9.17) is 11.6 Å². The number of pyridine rings is 1. The summed E-state index contributed by atoms with van der Waals surface area (Å²) in [4.78, 5) is 4.01. The first-order chi connectivity index (χ1) is 8.25. The van der Waals surface area contributed by atoms with Crippen molar-refractivity contribution in [2.24, 2.45) is 0 Å². The minimum absolute atomic E-state index is 0.500. The van der Waals surface area contributed by atoms with Crippen LogP contribution >= 0.6 is 11.6 Å². The molecule has 1 aromatic carbocycles. The molecule has 0 saturated carbocycles. The van der Waals surface area contributed by atoms with Crippen molar-refractivity contribution in [2.75, 3.05) is 12.5 Å². The fraction of sp³-hybridized carbons (Fsp3) is 0.154. The Morgan fingerprint density at radius 1 is 1.12 bits per heavy atom. The summed E-state index contributed by atoms with van der Waals surface area (Å²) in [5.74, 6) is 0. The van der Waals surface area contributed by atoms with Crippen LogP contribution in [0.2, 0.25) is 5.02 Å². The molecule has 0 radical (unpaired) electrons. The van der Waals surface area contributed by atoms with Gasteiger partial charge in [-0.2, -0.15) is 0 Å². The van der Waals surface area contributed by atoms with Crippen molar-refractivity contribution in [1.29, 1.82) is 0 Å². The molecule has 4 heteroatoms. The zero-order chi connectivity index (χ0) is 12.7. The maximum absolute atomic E-state index is 9.50. The molecule has 2 rings (SSSR count). The smallest absolute Gasteiger partial charge is 0.0785 e. The average Bonchev–Trinajstić information content (AvgIpc) is 2.37. The van der Waals surface area contributed by atoms with Gasteiger partial charge >= 0.3 is 0 Å². The molecular formula is C13H14ClFN2. The molecule has 0 spiro atoms. The third-order valence-corrected chi connectivity index (χ3v) is 2.43. The van der Waals surface area contributed by atoms with Gasteiger partial charge in [0.05, 0.1) is 24.1 Å². The number of halogens is 2. The highest BCUT2D eigenvalue weighted by Gasteiger charge is 1.99. The third-order valence-electron chi connectivity index (χ3n) is 2.10. The fourth-order valence-corrected chi connectivity index (χ4v) is 1.41. The Morgan fingerprint density at radius 2 is 1.76 bits per heavy atom. The Bertz CT molecular complexity index is 457. The molecule has 0 atom stereocenters. The van der Waals surface area contributed by atoms with Crippen LogP contribution in [-0.2, 0) is 0 Å². The number of aryl methyl sites for hydroxylation is 1. The van der Waals surface area contributed by atoms with Crippen LogP contribution in [0.25, 0.3) is 0 Å². The van der Waals surface area contributed by atoms with Crippen LogP contribution in [0.4, 0.5) is 15.8 Å². The van der Waals surface area contributed by atoms with Gasteiger partial charge in [-0.3, -0.25) is 9.37 Å². The predicted molar refractivity (Wildman–Crippen MR) is 70.7 cm³/mol. The fourth-order valence-electron chi connectivity index (χ4n) is 1.26. The molecule has 90 valence electrons. The molecule has 0 unspecified atom stereocenters. The normalized spacial score (nSPS) is 9.18. The second-order valence-electron chi connectivity index (χ2n) is 3.35. The van der Waals surface area contributed by atoms with Crippen LogP contribution in [0.3, 0.4) is 0 Å². The van der Waals surface area contributed by atoms with Crippen molar-refractivity contribution in [3.05, 3.63) is 53.3 Å². The lowest BCUT2D eigenvalue weighted by Gasteiger charge is -2.07. The largest absolute Gasteiger partial charge is 0.353 e. The van der Waals surface area contributed by atoms with Gasteiger partial charge in [0.15, 0.2) is 0 Å². The highest BCUT2D eigenvalue weighted by atomic mass is 35.5. The van der Waals surface area contributed by atoms with Crippen LogP contribution in [0.5, 0.6) is 0 Å². The van der Waals surface area contributed by atoms with E-state index >= 15 is 0 Å². The number of nitrogens with one attached hydrogen (secondary N) is 1. The van der Waals surface area contributed by atoms with E-state index < -0.39 is 0 Å². The average molecular weight is 253 g/mol. The number of hydrogen-bond acceptors (Lipinski definition) is 2. The number of rotatable bonds is 2. The molecule has 0 aliphatic heterocycles. The van der Waals surface area contributed by atoms with Gasteiger partial charge in [0, 0.05) is 11.9 Å². The Labute approximate surface area is 105 Å². The summed E-state index contributed by atoms with van der Waals surface area (Å²) in [5.41, 5.74) is 3.07. The number of hydrogen-bond donors (Lipinski definition) is 1. The Morgan fingerprint density at radius 3 is 2.35 bits per heavy atom. The number of alkyl halides is 1. The van der Waals surface area contributed by atoms with Crippen molar-refractivity contribution >= 4 is 23.0 Å². The molecule has 0 aliphatic carbocycles. The monoisotopic (exact) mass is 252 g/mol. The molecule has 0 fully saturated rings. The van der Waals surface area contributed by atoms with E-state index in [1.807, 2.05) is 24.3 Å². The molecular weight excluding hydrogens is 239 g/mol. The van der Waals surface area contributed by atoms with Gasteiger partial charge in [-0.25, -0.2) is 0 Å². The van der Waals surface area contributed by atoms with Gasteiger partial charge in [-0.05, 0) is 25.1 Å². The van der Waals surface area contributed by atoms with Crippen LogP contribution < -0.4 is 5.32 Å². The maximum Gasteiger partial charge on any atom is 0.0785 e. The van der Waals surface area contributed by atoms with Crippen molar-refractivity contribution < 1.29 is 4.39 Å². The Kier molecular flexibility index (Phi) is 5.43. The van der Waals surface area contributed by atoms with E-state index in [-0.39, 0.29) is 0 Å². The van der Waals surface area contributed by atoms with Gasteiger partial charge in [0.2, 0.25) is 0 Å². The van der Waals surface area contributed by atoms with E-state index in [1.54, 1.807) is 18.5 Å². The summed E-state index contributed by atoms with van der Waals surface area (Å²) in [7, 11) is 0.500. The highest BCUT2D eigenvalue weighted by Crippen LogP contribution is 2.23. The van der Waals surface area contributed by atoms with E-state index in [0.717, 1.165) is 11.4 Å². The zero-order valence-electron chi connectivity index (χ0n) is 9.74. The lowest BCUT2D eigenvalue weighted by molar-refractivity contribution is 0.636. The van der Waals surface area contributed by atoms with Crippen LogP contribution in [0, 0.1) is 6.92 Å². The second-order valence-corrected chi connectivity index (χ2v) is 3.75. The van der Waals surface area contributed by atoms with Gasteiger partial charge in [0.25, 0.3) is 0 Å². The van der Waals surface area contributed by atoms with Gasteiger partial charge in [0.1, 0.15) is 0 Å². The molecule has 2 aromatic rings. The van der Waals surface area contributed by atoms with Crippen molar-refractivity contribution in [1.82, 2.24) is 4.98 Å². The molecule has 1 heterocycles. The molecule has 0 amide bonds. The standard InChI is InChI=1S/C12H11ClN2.CH3F/c1-9-2-4-10(5-3-9)15-12-8-14-7-6-11(12)13;1-2/h2-8,15H,1H3;1H3. The molecule has 0 saturated heterocycles. The lowest BCUT2D eigenvalue weighted by atomic mass is 10.2. The lowest BCUT2D eigenvalue weighted by Crippen LogP contribution is -1.91. The third kappa shape index (κ3) is 4.04. The first-order valence-corrected chi connectivity index (χ1v) is 5.44. The van der Waals surface area contributed by atoms with Crippen molar-refractivity contribution in [2.45, 2.75) is 6.92 Å². The van der Waals surface area contributed by atoms with Gasteiger partial charge in [-0.15, -0.1) is 0 Å². The predicted octanol–water partition coefficient (Wildman–Crippen LogP) is 4.37. The van der Waals surface area contributed by atoms with Crippen LogP contribution in [-0.4, -0.2) is 12.2 Å². The van der Waals surface area contributed by atoms with Gasteiger partial charge in [-0.1, -0.05) is 29.3 Å². The molecule has 1 aromatic heterocycles. The maximum atomic E-state index is 9.50. The summed E-state index contributed by atoms with van der Waals surface area (Å²) in [6, 6.07) is 9.88. The van der Waals surface area contributed by atoms with E-state index in [9.17, 15) is 4.39 Å². The van der Waals surface area contributed by atoms with E-state index in [2.05, 4.69) is 17.2 Å². The molecule has 17 heavy (non-hydrogen) atoms. The van der Waals surface area contributed by atoms with Crippen LogP contribution in [0.1, 0.15) is 5.56 Å². The number of nitrogens with zero attached hydrogens (tertiary/aromatic N) is 1. The first kappa shape index (κ1) is 13.5. The summed E-state index contributed by atoms with van der Waals surface area (Å²) in [6.07, 6.45) is 3.38. The summed E-state index contributed by atoms with van der Waals surface area (Å²) < 4.78 is 9.50. The molecule has 0 bridgehead atoms. The number of anilines is 2. The first-order valence-electron chi connectivity index (χ1n) is 5.07. The molecule has 1 N–H and O–H groups in total. The zero-order valence-corrected chi connectivity index (χ0v) is 10.5. The van der Waals surface area contributed by atoms with Crippen molar-refractivity contribution in [3.8, 4) is 0 Å². The molecule has 2 nitrogen and oxygen atoms in total. The quantitative estimate of drug-likeness (QED) is 0.858. The summed E-state index contributed by atoms with van der Waals surface area (Å²) >= 11 is 6.00. The topological polar surface area (TPSA) is 24.9 Å². The Balaban J connectivity index is 0.000000686. The number of aromatic nitrogens is 1. The van der Waals surface area contributed by atoms with Gasteiger partial charge < -0.3 is 5.32 Å². The summed E-state index contributed by atoms with van der Waals surface area (Å²) in [6.45, 7) is 2.06. The number of benzene rings is 1. The minimum atomic E-state index is 0.500. The van der Waals surface area contributed by atoms with Crippen molar-refractivity contribution in [3.63, 3.8) is 0 Å². The molecule has 0 aliphatic rings.